The monoisotopic (exact) mass is 303 g/mol. The van der Waals surface area contributed by atoms with Crippen LogP contribution in [0.5, 0.6) is 5.75 Å². The van der Waals surface area contributed by atoms with Crippen molar-refractivity contribution in [2.24, 2.45) is 0 Å². The Balaban J connectivity index is 2.41. The number of ketones is 1. The van der Waals surface area contributed by atoms with Crippen molar-refractivity contribution in [3.05, 3.63) is 64.4 Å². The van der Waals surface area contributed by atoms with Gasteiger partial charge in [0.05, 0.1) is 13.2 Å². The maximum atomic E-state index is 13.9. The highest BCUT2D eigenvalue weighted by molar-refractivity contribution is 6.31. The van der Waals surface area contributed by atoms with Crippen molar-refractivity contribution in [3.8, 4) is 11.8 Å². The topological polar surface area (TPSA) is 50.1 Å². The molecule has 0 heterocycles. The highest BCUT2D eigenvalue weighted by Crippen LogP contribution is 2.30. The van der Waals surface area contributed by atoms with Gasteiger partial charge < -0.3 is 4.74 Å². The number of hydrogen-bond acceptors (Lipinski definition) is 3. The van der Waals surface area contributed by atoms with Crippen molar-refractivity contribution >= 4 is 17.4 Å². The Bertz CT molecular complexity index is 687. The molecule has 0 saturated heterocycles. The van der Waals surface area contributed by atoms with E-state index in [1.54, 1.807) is 12.1 Å². The minimum absolute atomic E-state index is 0.0587. The van der Waals surface area contributed by atoms with Crippen LogP contribution in [0.1, 0.15) is 21.8 Å². The first kappa shape index (κ1) is 15.0. The summed E-state index contributed by atoms with van der Waals surface area (Å²) in [7, 11) is 1.51. The fourth-order valence-corrected chi connectivity index (χ4v) is 2.23. The molecule has 0 saturated carbocycles. The van der Waals surface area contributed by atoms with Crippen LogP contribution in [0.15, 0.2) is 42.5 Å². The number of carbonyl (C=O) groups excluding carboxylic acids is 1. The average Bonchev–Trinajstić information content (AvgIpc) is 2.50. The lowest BCUT2D eigenvalue weighted by Gasteiger charge is -2.12. The van der Waals surface area contributed by atoms with Crippen molar-refractivity contribution in [2.45, 2.75) is 5.92 Å². The SMILES string of the molecule is COc1ccc(C(=O)C(C#N)c2c(F)cccc2Cl)cc1. The molecule has 0 bridgehead atoms. The number of carbonyl (C=O) groups is 1. The Labute approximate surface area is 126 Å². The smallest absolute Gasteiger partial charge is 0.184 e. The van der Waals surface area contributed by atoms with Crippen molar-refractivity contribution in [2.75, 3.05) is 7.11 Å². The van der Waals surface area contributed by atoms with Gasteiger partial charge in [-0.2, -0.15) is 5.26 Å². The summed E-state index contributed by atoms with van der Waals surface area (Å²) >= 11 is 5.92. The van der Waals surface area contributed by atoms with Gasteiger partial charge in [-0.05, 0) is 36.4 Å². The van der Waals surface area contributed by atoms with Crippen molar-refractivity contribution in [1.82, 2.24) is 0 Å². The van der Waals surface area contributed by atoms with Gasteiger partial charge in [-0.3, -0.25) is 4.79 Å². The van der Waals surface area contributed by atoms with E-state index in [1.807, 2.05) is 6.07 Å². The number of nitriles is 1. The molecule has 0 aliphatic carbocycles. The minimum Gasteiger partial charge on any atom is -0.497 e. The van der Waals surface area contributed by atoms with Crippen LogP contribution in [0.25, 0.3) is 0 Å². The van der Waals surface area contributed by atoms with E-state index in [2.05, 4.69) is 0 Å². The van der Waals surface area contributed by atoms with E-state index >= 15 is 0 Å². The molecule has 2 aromatic carbocycles. The molecule has 0 N–H and O–H groups in total. The molecule has 0 fully saturated rings. The lowest BCUT2D eigenvalue weighted by molar-refractivity contribution is 0.0977. The molecule has 2 aromatic rings. The molecule has 0 radical (unpaired) electrons. The Morgan fingerprint density at radius 2 is 1.95 bits per heavy atom. The number of hydrogen-bond donors (Lipinski definition) is 0. The van der Waals surface area contributed by atoms with Crippen LogP contribution in [0.3, 0.4) is 0 Å². The van der Waals surface area contributed by atoms with Gasteiger partial charge in [0.2, 0.25) is 0 Å². The molecule has 0 amide bonds. The Morgan fingerprint density at radius 3 is 2.48 bits per heavy atom. The molecule has 106 valence electrons. The van der Waals surface area contributed by atoms with E-state index in [9.17, 15) is 14.4 Å². The van der Waals surface area contributed by atoms with Gasteiger partial charge in [0.15, 0.2) is 5.78 Å². The number of rotatable bonds is 4. The van der Waals surface area contributed by atoms with E-state index < -0.39 is 17.5 Å². The fourth-order valence-electron chi connectivity index (χ4n) is 1.96. The first-order chi connectivity index (χ1) is 10.1. The van der Waals surface area contributed by atoms with E-state index in [1.165, 1.54) is 37.4 Å². The number of Topliss-reactive ketones (excluding diaryl/α,β-unsaturated/α-hetero) is 1. The van der Waals surface area contributed by atoms with Crippen LogP contribution < -0.4 is 4.74 Å². The van der Waals surface area contributed by atoms with Gasteiger partial charge in [-0.25, -0.2) is 4.39 Å². The van der Waals surface area contributed by atoms with E-state index in [4.69, 9.17) is 16.3 Å². The van der Waals surface area contributed by atoms with Crippen LogP contribution in [-0.4, -0.2) is 12.9 Å². The molecule has 0 spiro atoms. The summed E-state index contributed by atoms with van der Waals surface area (Å²) in [6, 6.07) is 12.1. The van der Waals surface area contributed by atoms with E-state index in [0.717, 1.165) is 0 Å². The molecular weight excluding hydrogens is 293 g/mol. The van der Waals surface area contributed by atoms with Gasteiger partial charge in [0.1, 0.15) is 17.5 Å². The molecule has 0 aliphatic rings. The summed E-state index contributed by atoms with van der Waals surface area (Å²) in [4.78, 5) is 12.4. The van der Waals surface area contributed by atoms with Crippen LogP contribution >= 0.6 is 11.6 Å². The first-order valence-corrected chi connectivity index (χ1v) is 6.48. The molecule has 1 unspecified atom stereocenters. The van der Waals surface area contributed by atoms with Gasteiger partial charge in [0, 0.05) is 16.1 Å². The molecule has 1 atom stereocenters. The third-order valence-electron chi connectivity index (χ3n) is 3.05. The summed E-state index contributed by atoms with van der Waals surface area (Å²) < 4.78 is 18.9. The highest BCUT2D eigenvalue weighted by Gasteiger charge is 2.26. The maximum absolute atomic E-state index is 13.9. The zero-order chi connectivity index (χ0) is 15.4. The molecular formula is C16H11ClFNO2. The zero-order valence-corrected chi connectivity index (χ0v) is 11.9. The number of nitrogens with zero attached hydrogens (tertiary/aromatic N) is 1. The molecule has 0 aliphatic heterocycles. The summed E-state index contributed by atoms with van der Waals surface area (Å²) in [6.07, 6.45) is 0. The second kappa shape index (κ2) is 6.38. The van der Waals surface area contributed by atoms with Gasteiger partial charge in [0.25, 0.3) is 0 Å². The summed E-state index contributed by atoms with van der Waals surface area (Å²) in [5, 5.41) is 9.30. The molecule has 3 nitrogen and oxygen atoms in total. The lowest BCUT2D eigenvalue weighted by atomic mass is 9.91. The van der Waals surface area contributed by atoms with Crippen LogP contribution in [0.4, 0.5) is 4.39 Å². The summed E-state index contributed by atoms with van der Waals surface area (Å²) in [6.45, 7) is 0. The molecule has 2 rings (SSSR count). The second-order valence-electron chi connectivity index (χ2n) is 4.29. The zero-order valence-electron chi connectivity index (χ0n) is 11.1. The Morgan fingerprint density at radius 1 is 1.29 bits per heavy atom. The lowest BCUT2D eigenvalue weighted by Crippen LogP contribution is -2.13. The summed E-state index contributed by atoms with van der Waals surface area (Å²) in [5.74, 6) is -1.88. The fraction of sp³-hybridized carbons (Fsp3) is 0.125. The standard InChI is InChI=1S/C16H11ClFNO2/c1-21-11-7-5-10(6-8-11)16(20)12(9-19)15-13(17)3-2-4-14(15)18/h2-8,12H,1H3. The maximum Gasteiger partial charge on any atom is 0.184 e. The number of benzene rings is 2. The number of halogens is 2. The van der Waals surface area contributed by atoms with Crippen molar-refractivity contribution in [3.63, 3.8) is 0 Å². The van der Waals surface area contributed by atoms with Crippen LogP contribution in [0.2, 0.25) is 5.02 Å². The quantitative estimate of drug-likeness (QED) is 0.803. The third kappa shape index (κ3) is 3.04. The Hall–Kier alpha value is -2.38. The molecule has 5 heteroatoms. The van der Waals surface area contributed by atoms with E-state index in [-0.39, 0.29) is 10.6 Å². The molecule has 0 aromatic heterocycles. The largest absolute Gasteiger partial charge is 0.497 e. The third-order valence-corrected chi connectivity index (χ3v) is 3.38. The first-order valence-electron chi connectivity index (χ1n) is 6.10. The minimum atomic E-state index is -1.29. The molecule has 21 heavy (non-hydrogen) atoms. The Kier molecular flexibility index (Phi) is 4.56. The van der Waals surface area contributed by atoms with Gasteiger partial charge >= 0.3 is 0 Å². The summed E-state index contributed by atoms with van der Waals surface area (Å²) in [5.41, 5.74) is 0.198. The number of methoxy groups -OCH3 is 1. The van der Waals surface area contributed by atoms with Crippen LogP contribution in [-0.2, 0) is 0 Å². The van der Waals surface area contributed by atoms with Crippen molar-refractivity contribution in [1.29, 1.82) is 5.26 Å². The van der Waals surface area contributed by atoms with Crippen molar-refractivity contribution < 1.29 is 13.9 Å². The predicted octanol–water partition coefficient (Wildman–Crippen LogP) is 3.98. The normalized spacial score (nSPS) is 11.5. The average molecular weight is 304 g/mol. The van der Waals surface area contributed by atoms with Crippen LogP contribution in [0, 0.1) is 17.1 Å². The highest BCUT2D eigenvalue weighted by atomic mass is 35.5. The van der Waals surface area contributed by atoms with E-state index in [0.29, 0.717) is 11.3 Å². The predicted molar refractivity (Wildman–Crippen MR) is 77.1 cm³/mol. The second-order valence-corrected chi connectivity index (χ2v) is 4.70. The number of ether oxygens (including phenoxy) is 1. The van der Waals surface area contributed by atoms with Gasteiger partial charge in [-0.15, -0.1) is 0 Å². The van der Waals surface area contributed by atoms with Gasteiger partial charge in [-0.1, -0.05) is 17.7 Å².